The normalized spacial score (nSPS) is 15.9. The number of hydrogen-bond acceptors (Lipinski definition) is 6. The number of carbonyl (C=O) groups excluding carboxylic acids is 1. The molecule has 8 heteroatoms. The Morgan fingerprint density at radius 1 is 1.32 bits per heavy atom. The second kappa shape index (κ2) is 10.2. The molecule has 0 bridgehead atoms. The van der Waals surface area contributed by atoms with Crippen LogP contribution in [0.1, 0.15) is 49.5 Å². The molecule has 1 aromatic heterocycles. The fraction of sp³-hybridized carbons (Fsp3) is 0.550. The van der Waals surface area contributed by atoms with Crippen molar-refractivity contribution in [1.29, 1.82) is 0 Å². The highest BCUT2D eigenvalue weighted by Gasteiger charge is 2.17. The Hall–Kier alpha value is -2.45. The van der Waals surface area contributed by atoms with Crippen molar-refractivity contribution in [3.8, 4) is 0 Å². The molecule has 0 unspecified atom stereocenters. The molecule has 1 aliphatic rings. The third kappa shape index (κ3) is 6.03. The van der Waals surface area contributed by atoms with Crippen molar-refractivity contribution in [2.45, 2.75) is 45.2 Å². The van der Waals surface area contributed by atoms with Crippen molar-refractivity contribution in [3.05, 3.63) is 41.5 Å². The highest BCUT2D eigenvalue weighted by atomic mass is 16.5. The van der Waals surface area contributed by atoms with E-state index in [0.717, 1.165) is 25.3 Å². The average molecular weight is 387 g/mol. The topological polar surface area (TPSA) is 92.5 Å². The van der Waals surface area contributed by atoms with Crippen molar-refractivity contribution >= 4 is 11.7 Å². The van der Waals surface area contributed by atoms with Gasteiger partial charge in [-0.1, -0.05) is 23.7 Å². The minimum atomic E-state index is -0.389. The maximum Gasteiger partial charge on any atom is 0.319 e. The zero-order chi connectivity index (χ0) is 19.8. The summed E-state index contributed by atoms with van der Waals surface area (Å²) < 4.78 is 10.2. The van der Waals surface area contributed by atoms with Crippen molar-refractivity contribution < 1.29 is 14.1 Å². The molecule has 1 aromatic carbocycles. The summed E-state index contributed by atoms with van der Waals surface area (Å²) in [4.78, 5) is 19.1. The molecule has 2 N–H and O–H groups in total. The molecule has 0 radical (unpaired) electrons. The van der Waals surface area contributed by atoms with E-state index in [9.17, 15) is 4.79 Å². The highest BCUT2D eigenvalue weighted by molar-refractivity contribution is 5.89. The van der Waals surface area contributed by atoms with Crippen molar-refractivity contribution in [2.75, 3.05) is 32.1 Å². The van der Waals surface area contributed by atoms with E-state index in [1.807, 2.05) is 18.2 Å². The van der Waals surface area contributed by atoms with Gasteiger partial charge in [-0.2, -0.15) is 4.98 Å². The van der Waals surface area contributed by atoms with Crippen LogP contribution < -0.4 is 10.6 Å². The second-order valence-corrected chi connectivity index (χ2v) is 7.15. The predicted octanol–water partition coefficient (Wildman–Crippen LogP) is 3.13. The molecular formula is C20H29N5O3. The summed E-state index contributed by atoms with van der Waals surface area (Å²) in [6.45, 7) is 5.53. The van der Waals surface area contributed by atoms with Crippen LogP contribution in [-0.2, 0) is 17.7 Å². The van der Waals surface area contributed by atoms with E-state index in [0.29, 0.717) is 24.7 Å². The van der Waals surface area contributed by atoms with Crippen LogP contribution in [0.4, 0.5) is 10.5 Å². The summed E-state index contributed by atoms with van der Waals surface area (Å²) in [5.41, 5.74) is 1.97. The quantitative estimate of drug-likeness (QED) is 0.723. The molecular weight excluding hydrogens is 358 g/mol. The van der Waals surface area contributed by atoms with Crippen LogP contribution in [-0.4, -0.2) is 47.9 Å². The number of methoxy groups -OCH3 is 1. The van der Waals surface area contributed by atoms with Crippen LogP contribution in [0, 0.1) is 0 Å². The molecule has 0 saturated carbocycles. The van der Waals surface area contributed by atoms with Crippen LogP contribution in [0.2, 0.25) is 0 Å². The molecule has 1 atom stereocenters. The van der Waals surface area contributed by atoms with Crippen LogP contribution in [0.5, 0.6) is 0 Å². The molecule has 2 heterocycles. The lowest BCUT2D eigenvalue weighted by molar-refractivity contribution is 0.199. The van der Waals surface area contributed by atoms with Crippen LogP contribution in [0.15, 0.2) is 28.8 Å². The van der Waals surface area contributed by atoms with Gasteiger partial charge in [-0.25, -0.2) is 4.79 Å². The number of amides is 2. The van der Waals surface area contributed by atoms with Gasteiger partial charge >= 0.3 is 6.03 Å². The Bertz CT molecular complexity index is 758. The molecule has 8 nitrogen and oxygen atoms in total. The lowest BCUT2D eigenvalue weighted by atomic mass is 10.1. The first-order valence-electron chi connectivity index (χ1n) is 9.84. The molecule has 1 fully saturated rings. The number of likely N-dealkylation sites (tertiary alicyclic amines) is 1. The molecule has 152 valence electrons. The summed E-state index contributed by atoms with van der Waals surface area (Å²) in [6.07, 6.45) is 4.43. The van der Waals surface area contributed by atoms with Gasteiger partial charge in [-0.3, -0.25) is 4.90 Å². The lowest BCUT2D eigenvalue weighted by Gasteiger charge is -2.26. The molecule has 0 aliphatic carbocycles. The smallest absolute Gasteiger partial charge is 0.319 e. The monoisotopic (exact) mass is 387 g/mol. The number of urea groups is 1. The maximum absolute atomic E-state index is 12.3. The van der Waals surface area contributed by atoms with Crippen LogP contribution >= 0.6 is 0 Å². The van der Waals surface area contributed by atoms with Gasteiger partial charge in [0.1, 0.15) is 6.04 Å². The first-order chi connectivity index (χ1) is 13.6. The minimum absolute atomic E-state index is 0.306. The molecule has 1 aliphatic heterocycles. The van der Waals surface area contributed by atoms with Gasteiger partial charge < -0.3 is 19.9 Å². The van der Waals surface area contributed by atoms with E-state index in [-0.39, 0.29) is 12.1 Å². The summed E-state index contributed by atoms with van der Waals surface area (Å²) >= 11 is 0. The number of ether oxygens (including phenoxy) is 1. The number of nitrogens with zero attached hydrogens (tertiary/aromatic N) is 3. The number of anilines is 1. The fourth-order valence-corrected chi connectivity index (χ4v) is 3.29. The van der Waals surface area contributed by atoms with E-state index in [4.69, 9.17) is 9.26 Å². The number of aromatic nitrogens is 2. The summed E-state index contributed by atoms with van der Waals surface area (Å²) in [5.74, 6) is 0.941. The standard InChI is InChI=1S/C20H29N5O3/c1-15(19-23-18(24-28-19)9-12-27-2)21-20(26)22-17-8-6-7-16(13-17)14-25-10-4-3-5-11-25/h6-8,13,15H,3-5,9-12,14H2,1-2H3,(H2,21,22,26)/t15-/m0/s1. The predicted molar refractivity (Wildman–Crippen MR) is 106 cm³/mol. The number of nitrogens with one attached hydrogen (secondary N) is 2. The van der Waals surface area contributed by atoms with Crippen molar-refractivity contribution in [3.63, 3.8) is 0 Å². The minimum Gasteiger partial charge on any atom is -0.384 e. The molecule has 2 amide bonds. The third-order valence-electron chi connectivity index (χ3n) is 4.77. The summed E-state index contributed by atoms with van der Waals surface area (Å²) in [6, 6.07) is 7.28. The van der Waals surface area contributed by atoms with Gasteiger partial charge in [0.2, 0.25) is 5.89 Å². The largest absolute Gasteiger partial charge is 0.384 e. The Labute approximate surface area is 165 Å². The Morgan fingerprint density at radius 2 is 2.14 bits per heavy atom. The van der Waals surface area contributed by atoms with E-state index in [1.165, 1.54) is 24.8 Å². The number of piperidine rings is 1. The van der Waals surface area contributed by atoms with Gasteiger partial charge in [0.05, 0.1) is 6.61 Å². The van der Waals surface area contributed by atoms with Gasteiger partial charge in [-0.05, 0) is 50.6 Å². The first-order valence-corrected chi connectivity index (χ1v) is 9.84. The Balaban J connectivity index is 1.51. The Kier molecular flexibility index (Phi) is 7.39. The van der Waals surface area contributed by atoms with Crippen LogP contribution in [0.25, 0.3) is 0 Å². The van der Waals surface area contributed by atoms with E-state index in [1.54, 1.807) is 14.0 Å². The van der Waals surface area contributed by atoms with E-state index < -0.39 is 0 Å². The van der Waals surface area contributed by atoms with Gasteiger partial charge in [0, 0.05) is 25.8 Å². The van der Waals surface area contributed by atoms with Crippen molar-refractivity contribution in [2.24, 2.45) is 0 Å². The molecule has 1 saturated heterocycles. The molecule has 2 aromatic rings. The molecule has 0 spiro atoms. The maximum atomic E-state index is 12.3. The molecule has 3 rings (SSSR count). The van der Waals surface area contributed by atoms with Gasteiger partial charge in [0.25, 0.3) is 0 Å². The highest BCUT2D eigenvalue weighted by Crippen LogP contribution is 2.17. The number of benzene rings is 1. The number of hydrogen-bond donors (Lipinski definition) is 2. The number of carbonyl (C=O) groups is 1. The van der Waals surface area contributed by atoms with E-state index in [2.05, 4.69) is 31.7 Å². The Morgan fingerprint density at radius 3 is 2.93 bits per heavy atom. The van der Waals surface area contributed by atoms with Gasteiger partial charge in [-0.15, -0.1) is 0 Å². The van der Waals surface area contributed by atoms with Crippen molar-refractivity contribution in [1.82, 2.24) is 20.4 Å². The number of rotatable bonds is 8. The summed E-state index contributed by atoms with van der Waals surface area (Å²) in [7, 11) is 1.62. The van der Waals surface area contributed by atoms with Gasteiger partial charge in [0.15, 0.2) is 5.82 Å². The lowest BCUT2D eigenvalue weighted by Crippen LogP contribution is -2.31. The first kappa shape index (κ1) is 20.3. The SMILES string of the molecule is COCCc1noc([C@H](C)NC(=O)Nc2cccc(CN3CCCCC3)c2)n1. The van der Waals surface area contributed by atoms with Crippen LogP contribution in [0.3, 0.4) is 0 Å². The molecule has 28 heavy (non-hydrogen) atoms. The zero-order valence-corrected chi connectivity index (χ0v) is 16.6. The van der Waals surface area contributed by atoms with E-state index >= 15 is 0 Å². The fourth-order valence-electron chi connectivity index (χ4n) is 3.29. The summed E-state index contributed by atoms with van der Waals surface area (Å²) in [5, 5.41) is 9.60. The third-order valence-corrected chi connectivity index (χ3v) is 4.77. The average Bonchev–Trinajstić information content (AvgIpc) is 3.16. The zero-order valence-electron chi connectivity index (χ0n) is 16.6. The second-order valence-electron chi connectivity index (χ2n) is 7.15.